The van der Waals surface area contributed by atoms with Crippen LogP contribution in [-0.4, -0.2) is 13.5 Å². The van der Waals surface area contributed by atoms with Crippen molar-refractivity contribution in [1.82, 2.24) is 0 Å². The average molecular weight is 341 g/mol. The molecule has 0 N–H and O–H groups in total. The first kappa shape index (κ1) is 18.3. The number of rotatable bonds is 7. The molecule has 5 heteroatoms. The van der Waals surface area contributed by atoms with Gasteiger partial charge in [0.1, 0.15) is 5.75 Å². The van der Waals surface area contributed by atoms with Crippen LogP contribution in [0.3, 0.4) is 0 Å². The molecule has 0 aromatic heterocycles. The van der Waals surface area contributed by atoms with Gasteiger partial charge in [0.15, 0.2) is 5.75 Å². The lowest BCUT2D eigenvalue weighted by atomic mass is 10.1. The Labute approximate surface area is 146 Å². The Balaban J connectivity index is 2.43. The summed E-state index contributed by atoms with van der Waals surface area (Å²) in [6, 6.07) is 12.2. The highest BCUT2D eigenvalue weighted by Crippen LogP contribution is 2.27. The number of anilines is 1. The number of ether oxygens (including phenoxy) is 1. The van der Waals surface area contributed by atoms with Gasteiger partial charge in [-0.3, -0.25) is 14.6 Å². The lowest BCUT2D eigenvalue weighted by molar-refractivity contribution is -0.106. The largest absolute Gasteiger partial charge is 0.497 e. The van der Waals surface area contributed by atoms with Crippen LogP contribution in [0.1, 0.15) is 18.1 Å². The second kappa shape index (κ2) is 8.68. The molecule has 0 atom stereocenters. The number of carbonyl (C=O) groups is 1. The molecule has 1 amide bonds. The number of halogens is 1. The maximum Gasteiger partial charge on any atom is 0.218 e. The highest BCUT2D eigenvalue weighted by molar-refractivity contribution is 5.86. The van der Waals surface area contributed by atoms with E-state index in [-0.39, 0.29) is 5.75 Å². The van der Waals surface area contributed by atoms with Gasteiger partial charge in [-0.1, -0.05) is 24.3 Å². The predicted molar refractivity (Wildman–Crippen MR) is 97.2 cm³/mol. The van der Waals surface area contributed by atoms with Crippen LogP contribution >= 0.6 is 0 Å². The van der Waals surface area contributed by atoms with Gasteiger partial charge in [0.2, 0.25) is 6.41 Å². The van der Waals surface area contributed by atoms with Gasteiger partial charge in [0, 0.05) is 10.7 Å². The van der Waals surface area contributed by atoms with Gasteiger partial charge in [-0.2, -0.15) is 0 Å². The number of hydrogen-bond donors (Lipinski definition) is 0. The fourth-order valence-electron chi connectivity index (χ4n) is 2.45. The summed E-state index contributed by atoms with van der Waals surface area (Å²) in [5.74, 6) is 0.855. The van der Waals surface area contributed by atoms with Crippen LogP contribution < -0.4 is 14.6 Å². The van der Waals surface area contributed by atoms with Crippen molar-refractivity contribution in [1.29, 1.82) is 0 Å². The van der Waals surface area contributed by atoms with Crippen LogP contribution in [0.5, 0.6) is 11.5 Å². The lowest BCUT2D eigenvalue weighted by Crippen LogP contribution is -2.15. The number of benzene rings is 2. The molecule has 25 heavy (non-hydrogen) atoms. The molecule has 0 aliphatic carbocycles. The molecule has 0 unspecified atom stereocenters. The fourth-order valence-corrected chi connectivity index (χ4v) is 2.45. The topological polar surface area (TPSA) is 38.8 Å². The van der Waals surface area contributed by atoms with Gasteiger partial charge in [-0.15, -0.1) is 0 Å². The van der Waals surface area contributed by atoms with E-state index in [9.17, 15) is 9.32 Å². The number of amides is 1. The molecule has 2 aromatic rings. The molecular weight excluding hydrogens is 321 g/mol. The maximum absolute atomic E-state index is 12.3. The minimum atomic E-state index is 0.0971. The summed E-state index contributed by atoms with van der Waals surface area (Å²) in [7, 11) is 1.61. The molecule has 0 fully saturated rings. The van der Waals surface area contributed by atoms with Crippen LogP contribution in [0, 0.1) is 6.92 Å². The van der Waals surface area contributed by atoms with Crippen LogP contribution in [0.2, 0.25) is 0 Å². The Hall–Kier alpha value is -3.08. The van der Waals surface area contributed by atoms with E-state index in [0.717, 1.165) is 16.9 Å². The third-order valence-corrected chi connectivity index (χ3v) is 3.70. The van der Waals surface area contributed by atoms with Crippen molar-refractivity contribution in [2.75, 3.05) is 12.0 Å². The molecule has 0 aliphatic heterocycles. The molecule has 0 heterocycles. The van der Waals surface area contributed by atoms with Gasteiger partial charge < -0.3 is 4.74 Å². The molecule has 0 radical (unpaired) electrons. The quantitative estimate of drug-likeness (QED) is 0.534. The molecule has 0 saturated carbocycles. The summed E-state index contributed by atoms with van der Waals surface area (Å²) in [4.78, 5) is 16.8. The highest BCUT2D eigenvalue weighted by atomic mass is 19.3. The zero-order valence-electron chi connectivity index (χ0n) is 14.4. The molecule has 2 rings (SSSR count). The zero-order valence-corrected chi connectivity index (χ0v) is 14.4. The van der Waals surface area contributed by atoms with Gasteiger partial charge in [0.25, 0.3) is 0 Å². The smallest absolute Gasteiger partial charge is 0.218 e. The second-order valence-electron chi connectivity index (χ2n) is 5.35. The van der Waals surface area contributed by atoms with Crippen molar-refractivity contribution in [3.8, 4) is 11.5 Å². The van der Waals surface area contributed by atoms with Gasteiger partial charge in [0.05, 0.1) is 12.8 Å². The van der Waals surface area contributed by atoms with E-state index in [0.29, 0.717) is 17.7 Å². The summed E-state index contributed by atoms with van der Waals surface area (Å²) in [5, 5.41) is 0. The van der Waals surface area contributed by atoms with E-state index in [1.165, 1.54) is 17.0 Å². The third kappa shape index (κ3) is 4.47. The highest BCUT2D eigenvalue weighted by Gasteiger charge is 2.10. The predicted octanol–water partition coefficient (Wildman–Crippen LogP) is 4.85. The molecule has 4 nitrogen and oxygen atoms in total. The van der Waals surface area contributed by atoms with Gasteiger partial charge >= 0.3 is 0 Å². The summed E-state index contributed by atoms with van der Waals surface area (Å²) < 4.78 is 17.5. The number of aryl methyl sites for hydroxylation is 1. The first-order chi connectivity index (χ1) is 12.1. The molecule has 0 aliphatic rings. The number of carbonyl (C=O) groups excluding carboxylic acids is 1. The number of methoxy groups -OCH3 is 1. The summed E-state index contributed by atoms with van der Waals surface area (Å²) in [6.45, 7) is 3.69. The Morgan fingerprint density at radius 1 is 1.12 bits per heavy atom. The monoisotopic (exact) mass is 341 g/mol. The summed E-state index contributed by atoms with van der Waals surface area (Å²) in [6.07, 6.45) is 6.25. The zero-order chi connectivity index (χ0) is 18.2. The first-order valence-electron chi connectivity index (χ1n) is 7.74. The Morgan fingerprint density at radius 3 is 2.32 bits per heavy atom. The number of nitrogens with zero attached hydrogens (tertiary/aromatic N) is 1. The standard InChI is InChI=1S/C20H20FNO3/c1-4-5-17(16-6-8-18(24-3)9-7-16)13-22(14-23)20-11-10-19(25-21)12-15(20)2/h4-14H,1-3H3/b5-4-,17-13+. The maximum atomic E-state index is 12.3. The van der Waals surface area contributed by atoms with Gasteiger partial charge in [-0.25, -0.2) is 0 Å². The summed E-state index contributed by atoms with van der Waals surface area (Å²) in [5.41, 5.74) is 3.15. The van der Waals surface area contributed by atoms with Crippen LogP contribution in [0.4, 0.5) is 10.2 Å². The number of hydrogen-bond acceptors (Lipinski definition) is 3. The van der Waals surface area contributed by atoms with Crippen LogP contribution in [0.25, 0.3) is 5.57 Å². The Morgan fingerprint density at radius 2 is 1.80 bits per heavy atom. The minimum Gasteiger partial charge on any atom is -0.497 e. The van der Waals surface area contributed by atoms with Crippen molar-refractivity contribution in [2.24, 2.45) is 0 Å². The van der Waals surface area contributed by atoms with E-state index in [2.05, 4.69) is 4.94 Å². The van der Waals surface area contributed by atoms with Crippen molar-refractivity contribution in [3.63, 3.8) is 0 Å². The molecule has 2 aromatic carbocycles. The minimum absolute atomic E-state index is 0.0971. The van der Waals surface area contributed by atoms with Gasteiger partial charge in [-0.05, 0) is 60.9 Å². The first-order valence-corrected chi connectivity index (χ1v) is 7.74. The SMILES string of the molecule is C/C=C\C(=C/N(C=O)c1ccc(OF)cc1C)c1ccc(OC)cc1. The normalized spacial score (nSPS) is 11.4. The Bertz CT molecular complexity index is 782. The lowest BCUT2D eigenvalue weighted by Gasteiger charge is -2.17. The second-order valence-corrected chi connectivity index (χ2v) is 5.35. The van der Waals surface area contributed by atoms with Crippen molar-refractivity contribution >= 4 is 17.7 Å². The van der Waals surface area contributed by atoms with Crippen molar-refractivity contribution < 1.29 is 19.0 Å². The molecule has 130 valence electrons. The van der Waals surface area contributed by atoms with E-state index >= 15 is 0 Å². The van der Waals surface area contributed by atoms with E-state index < -0.39 is 0 Å². The fraction of sp³-hybridized carbons (Fsp3) is 0.150. The molecular formula is C20H20FNO3. The van der Waals surface area contributed by atoms with Crippen molar-refractivity contribution in [2.45, 2.75) is 13.8 Å². The average Bonchev–Trinajstić information content (AvgIpc) is 2.65. The molecule has 0 spiro atoms. The van der Waals surface area contributed by atoms with Crippen LogP contribution in [0.15, 0.2) is 60.8 Å². The molecule has 0 bridgehead atoms. The number of allylic oxidation sites excluding steroid dienone is 3. The van der Waals surface area contributed by atoms with E-state index in [1.54, 1.807) is 26.3 Å². The van der Waals surface area contributed by atoms with E-state index in [1.807, 2.05) is 43.3 Å². The van der Waals surface area contributed by atoms with E-state index in [4.69, 9.17) is 4.74 Å². The molecule has 0 saturated heterocycles. The third-order valence-electron chi connectivity index (χ3n) is 3.70. The van der Waals surface area contributed by atoms with Crippen molar-refractivity contribution in [3.05, 3.63) is 71.9 Å². The summed E-state index contributed by atoms with van der Waals surface area (Å²) >= 11 is 0. The Kier molecular flexibility index (Phi) is 6.34. The van der Waals surface area contributed by atoms with Crippen LogP contribution in [-0.2, 0) is 4.79 Å².